The van der Waals surface area contributed by atoms with Gasteiger partial charge in [-0.1, -0.05) is 103 Å². The van der Waals surface area contributed by atoms with Gasteiger partial charge in [-0.3, -0.25) is 0 Å². The molecular formula is C22H22S3. The molecule has 0 aromatic heterocycles. The van der Waals surface area contributed by atoms with E-state index in [1.54, 1.807) is 0 Å². The van der Waals surface area contributed by atoms with Gasteiger partial charge in [-0.05, 0) is 42.8 Å². The van der Waals surface area contributed by atoms with Crippen LogP contribution < -0.4 is 0 Å². The topological polar surface area (TPSA) is 0 Å². The average Bonchev–Trinajstić information content (AvgIpc) is 2.64. The molecule has 128 valence electrons. The summed E-state index contributed by atoms with van der Waals surface area (Å²) in [5.74, 6) is 0. The van der Waals surface area contributed by atoms with Crippen LogP contribution in [0.25, 0.3) is 0 Å². The fourth-order valence-electron chi connectivity index (χ4n) is 2.53. The minimum absolute atomic E-state index is 0.0127. The van der Waals surface area contributed by atoms with Gasteiger partial charge in [0.2, 0.25) is 0 Å². The maximum absolute atomic E-state index is 2.28. The highest BCUT2D eigenvalue weighted by Gasteiger charge is 2.33. The van der Waals surface area contributed by atoms with E-state index in [4.69, 9.17) is 0 Å². The van der Waals surface area contributed by atoms with Crippen LogP contribution in [0.2, 0.25) is 0 Å². The van der Waals surface area contributed by atoms with Crippen LogP contribution in [-0.2, 0) is 0 Å². The third kappa shape index (κ3) is 5.60. The molecule has 0 radical (unpaired) electrons. The highest BCUT2D eigenvalue weighted by molar-refractivity contribution is 8.33. The largest absolute Gasteiger partial charge is 0.120 e. The van der Waals surface area contributed by atoms with Gasteiger partial charge in [0, 0.05) is 14.7 Å². The normalized spacial score (nSPS) is 11.4. The fraction of sp³-hybridized carbons (Fsp3) is 0.182. The average molecular weight is 383 g/mol. The number of hydrogen-bond acceptors (Lipinski definition) is 3. The van der Waals surface area contributed by atoms with Gasteiger partial charge in [-0.25, -0.2) is 0 Å². The van der Waals surface area contributed by atoms with Crippen LogP contribution in [0.5, 0.6) is 0 Å². The van der Waals surface area contributed by atoms with E-state index in [9.17, 15) is 0 Å². The van der Waals surface area contributed by atoms with Crippen molar-refractivity contribution in [2.45, 2.75) is 37.9 Å². The van der Waals surface area contributed by atoms with Gasteiger partial charge in [0.05, 0.1) is 0 Å². The first-order valence-electron chi connectivity index (χ1n) is 8.52. The number of benzene rings is 3. The first-order chi connectivity index (χ1) is 12.3. The molecule has 25 heavy (non-hydrogen) atoms. The quantitative estimate of drug-likeness (QED) is 0.288. The molecule has 3 rings (SSSR count). The second-order valence-corrected chi connectivity index (χ2v) is 10.6. The summed E-state index contributed by atoms with van der Waals surface area (Å²) < 4.78 is 0.0127. The molecule has 3 aromatic rings. The van der Waals surface area contributed by atoms with Gasteiger partial charge < -0.3 is 0 Å². The molecule has 0 unspecified atom stereocenters. The number of hydrogen-bond donors (Lipinski definition) is 0. The highest BCUT2D eigenvalue weighted by atomic mass is 32.3. The lowest BCUT2D eigenvalue weighted by atomic mass is 10.4. The van der Waals surface area contributed by atoms with Crippen LogP contribution in [-0.4, -0.2) is 3.41 Å². The van der Waals surface area contributed by atoms with Crippen LogP contribution in [0, 0.1) is 0 Å². The summed E-state index contributed by atoms with van der Waals surface area (Å²) in [5.41, 5.74) is 0. The molecular weight excluding hydrogens is 360 g/mol. The lowest BCUT2D eigenvalue weighted by molar-refractivity contribution is 0.841. The van der Waals surface area contributed by atoms with E-state index in [0.29, 0.717) is 0 Å². The predicted molar refractivity (Wildman–Crippen MR) is 115 cm³/mol. The molecule has 0 nitrogen and oxygen atoms in total. The van der Waals surface area contributed by atoms with E-state index in [1.807, 2.05) is 35.3 Å². The summed E-state index contributed by atoms with van der Waals surface area (Å²) in [7, 11) is 0. The van der Waals surface area contributed by atoms with Gasteiger partial charge in [-0.2, -0.15) is 0 Å². The molecule has 0 amide bonds. The molecule has 3 aromatic carbocycles. The van der Waals surface area contributed by atoms with Crippen LogP contribution in [0.3, 0.4) is 0 Å². The van der Waals surface area contributed by atoms with Crippen LogP contribution in [0.1, 0.15) is 19.8 Å². The molecule has 0 aliphatic heterocycles. The molecule has 0 saturated heterocycles. The zero-order valence-electron chi connectivity index (χ0n) is 14.3. The third-order valence-electron chi connectivity index (χ3n) is 3.61. The Hall–Kier alpha value is -1.29. The van der Waals surface area contributed by atoms with Crippen molar-refractivity contribution in [1.29, 1.82) is 0 Å². The molecule has 3 heteroatoms. The van der Waals surface area contributed by atoms with Crippen molar-refractivity contribution in [1.82, 2.24) is 0 Å². The first-order valence-corrected chi connectivity index (χ1v) is 11.0. The van der Waals surface area contributed by atoms with Gasteiger partial charge in [0.25, 0.3) is 0 Å². The van der Waals surface area contributed by atoms with Crippen LogP contribution in [0.15, 0.2) is 106 Å². The molecule has 0 saturated carbocycles. The Kier molecular flexibility index (Phi) is 6.97. The monoisotopic (exact) mass is 382 g/mol. The predicted octanol–water partition coefficient (Wildman–Crippen LogP) is 7.82. The Labute approximate surface area is 163 Å². The smallest absolute Gasteiger partial charge is 0.0966 e. The van der Waals surface area contributed by atoms with Gasteiger partial charge in [0.1, 0.15) is 3.41 Å². The Morgan fingerprint density at radius 1 is 0.560 bits per heavy atom. The minimum Gasteiger partial charge on any atom is -0.0966 e. The summed E-state index contributed by atoms with van der Waals surface area (Å²) >= 11 is 5.93. The van der Waals surface area contributed by atoms with E-state index >= 15 is 0 Å². The SMILES string of the molecule is CCCC(Sc1ccccc1)(Sc1ccccc1)Sc1ccccc1. The van der Waals surface area contributed by atoms with E-state index in [-0.39, 0.29) is 3.41 Å². The molecule has 0 heterocycles. The first kappa shape index (κ1) is 18.5. The van der Waals surface area contributed by atoms with E-state index in [2.05, 4.69) is 97.9 Å². The standard InChI is InChI=1S/C22H22S3/c1-2-18-22(23-19-12-6-3-7-13-19,24-20-14-8-4-9-15-20)25-21-16-10-5-11-17-21/h3-17H,2,18H2,1H3. The Bertz CT molecular complexity index is 641. The second kappa shape index (κ2) is 9.42. The van der Waals surface area contributed by atoms with Crippen LogP contribution in [0.4, 0.5) is 0 Å². The number of thioether (sulfide) groups is 3. The van der Waals surface area contributed by atoms with E-state index < -0.39 is 0 Å². The third-order valence-corrected chi connectivity index (χ3v) is 8.17. The van der Waals surface area contributed by atoms with E-state index in [1.165, 1.54) is 14.7 Å². The van der Waals surface area contributed by atoms with Crippen molar-refractivity contribution in [3.05, 3.63) is 91.0 Å². The van der Waals surface area contributed by atoms with E-state index in [0.717, 1.165) is 12.8 Å². The lowest BCUT2D eigenvalue weighted by Crippen LogP contribution is -2.15. The summed E-state index contributed by atoms with van der Waals surface area (Å²) in [6.07, 6.45) is 2.28. The summed E-state index contributed by atoms with van der Waals surface area (Å²) in [6.45, 7) is 2.28. The molecule has 0 fully saturated rings. The highest BCUT2D eigenvalue weighted by Crippen LogP contribution is 2.57. The minimum atomic E-state index is 0.0127. The number of rotatable bonds is 8. The van der Waals surface area contributed by atoms with Crippen LogP contribution >= 0.6 is 35.3 Å². The Balaban J connectivity index is 1.94. The summed E-state index contributed by atoms with van der Waals surface area (Å²) in [5, 5.41) is 0. The summed E-state index contributed by atoms with van der Waals surface area (Å²) in [4.78, 5) is 3.97. The summed E-state index contributed by atoms with van der Waals surface area (Å²) in [6, 6.07) is 32.3. The van der Waals surface area contributed by atoms with Crippen molar-refractivity contribution in [2.24, 2.45) is 0 Å². The van der Waals surface area contributed by atoms with Crippen molar-refractivity contribution in [3.63, 3.8) is 0 Å². The maximum atomic E-state index is 2.28. The van der Waals surface area contributed by atoms with Crippen molar-refractivity contribution >= 4 is 35.3 Å². The Morgan fingerprint density at radius 2 is 0.880 bits per heavy atom. The van der Waals surface area contributed by atoms with Crippen molar-refractivity contribution in [2.75, 3.05) is 0 Å². The Morgan fingerprint density at radius 3 is 1.16 bits per heavy atom. The zero-order valence-corrected chi connectivity index (χ0v) is 16.7. The van der Waals surface area contributed by atoms with Crippen molar-refractivity contribution < 1.29 is 0 Å². The lowest BCUT2D eigenvalue weighted by Gasteiger charge is -2.32. The molecule has 0 bridgehead atoms. The van der Waals surface area contributed by atoms with Gasteiger partial charge in [-0.15, -0.1) is 0 Å². The fourth-order valence-corrected chi connectivity index (χ4v) is 7.63. The maximum Gasteiger partial charge on any atom is 0.120 e. The molecule has 0 N–H and O–H groups in total. The van der Waals surface area contributed by atoms with Gasteiger partial charge >= 0.3 is 0 Å². The van der Waals surface area contributed by atoms with Crippen molar-refractivity contribution in [3.8, 4) is 0 Å². The molecule has 0 aliphatic carbocycles. The van der Waals surface area contributed by atoms with Gasteiger partial charge in [0.15, 0.2) is 0 Å². The molecule has 0 spiro atoms. The molecule has 0 aliphatic rings. The zero-order chi connectivity index (χ0) is 17.4. The molecule has 0 atom stereocenters. The second-order valence-electron chi connectivity index (χ2n) is 5.68.